The molecule has 4 N–H and O–H groups in total. The molecule has 3 atom stereocenters. The number of aliphatic hydroxyl groups is 1. The van der Waals surface area contributed by atoms with Crippen LogP contribution in [0.3, 0.4) is 0 Å². The maximum absolute atomic E-state index is 13.7. The van der Waals surface area contributed by atoms with E-state index in [0.29, 0.717) is 0 Å². The van der Waals surface area contributed by atoms with E-state index in [1.54, 1.807) is 13.8 Å². The summed E-state index contributed by atoms with van der Waals surface area (Å²) < 4.78 is 83.5. The van der Waals surface area contributed by atoms with Crippen LogP contribution in [0.15, 0.2) is 66.7 Å². The Bertz CT molecular complexity index is 1620. The standard InChI is InChI=1S/C32H33F6N5O5/c1-18-15-43(19(2)17-44)28(45)25-14-24(40-29(46)39-22-8-4-20(5-9-22)31(33,34)35)12-13-26(25)48-27(18)16-42(3)30(47)41-23-10-6-21(7-11-23)32(36,37)38/h4-14,18-19,27,44H,15-17H2,1-3H3,(H,41,47)(H2,39,40,46)/t18-,19+,27-/m0/s1. The van der Waals surface area contributed by atoms with Crippen LogP contribution in [0.2, 0.25) is 0 Å². The highest BCUT2D eigenvalue weighted by atomic mass is 19.4. The Morgan fingerprint density at radius 2 is 1.40 bits per heavy atom. The Balaban J connectivity index is 1.51. The van der Waals surface area contributed by atoms with Crippen molar-refractivity contribution in [1.82, 2.24) is 9.80 Å². The average Bonchev–Trinajstić information content (AvgIpc) is 3.02. The number of urea groups is 2. The second kappa shape index (κ2) is 14.4. The minimum absolute atomic E-state index is 0.00184. The second-order valence-electron chi connectivity index (χ2n) is 11.4. The fourth-order valence-corrected chi connectivity index (χ4v) is 4.87. The number of fused-ring (bicyclic) bond motifs is 1. The summed E-state index contributed by atoms with van der Waals surface area (Å²) in [6.45, 7) is 3.19. The molecule has 1 heterocycles. The van der Waals surface area contributed by atoms with Crippen LogP contribution in [-0.4, -0.2) is 71.8 Å². The summed E-state index contributed by atoms with van der Waals surface area (Å²) in [5.74, 6) is -0.751. The molecule has 5 amide bonds. The maximum atomic E-state index is 13.7. The molecule has 1 aliphatic heterocycles. The summed E-state index contributed by atoms with van der Waals surface area (Å²) in [7, 11) is 1.47. The van der Waals surface area contributed by atoms with E-state index in [2.05, 4.69) is 16.0 Å². The Kier molecular flexibility index (Phi) is 10.8. The molecule has 10 nitrogen and oxygen atoms in total. The molecular weight excluding hydrogens is 648 g/mol. The number of nitrogens with one attached hydrogen (secondary N) is 3. The molecule has 3 aromatic carbocycles. The second-order valence-corrected chi connectivity index (χ2v) is 11.4. The lowest BCUT2D eigenvalue weighted by Gasteiger charge is -2.38. The van der Waals surface area contributed by atoms with E-state index in [-0.39, 0.29) is 54.0 Å². The zero-order valence-electron chi connectivity index (χ0n) is 25.9. The summed E-state index contributed by atoms with van der Waals surface area (Å²) in [6.07, 6.45) is -9.76. The Hall–Kier alpha value is -4.99. The van der Waals surface area contributed by atoms with Crippen LogP contribution < -0.4 is 20.7 Å². The van der Waals surface area contributed by atoms with Crippen LogP contribution in [0.4, 0.5) is 53.0 Å². The van der Waals surface area contributed by atoms with Crippen LogP contribution in [0.25, 0.3) is 0 Å². The van der Waals surface area contributed by atoms with E-state index in [1.165, 1.54) is 35.0 Å². The van der Waals surface area contributed by atoms with Gasteiger partial charge in [0.05, 0.1) is 35.9 Å². The van der Waals surface area contributed by atoms with Crippen LogP contribution >= 0.6 is 0 Å². The zero-order valence-corrected chi connectivity index (χ0v) is 25.9. The number of amides is 5. The first-order chi connectivity index (χ1) is 22.5. The molecule has 0 fully saturated rings. The number of carbonyl (C=O) groups is 3. The van der Waals surface area contributed by atoms with Crippen molar-refractivity contribution >= 4 is 35.0 Å². The van der Waals surface area contributed by atoms with Crippen LogP contribution in [-0.2, 0) is 12.4 Å². The number of anilines is 3. The van der Waals surface area contributed by atoms with Gasteiger partial charge in [-0.2, -0.15) is 26.3 Å². The van der Waals surface area contributed by atoms with E-state index < -0.39 is 53.6 Å². The van der Waals surface area contributed by atoms with Gasteiger partial charge < -0.3 is 35.6 Å². The van der Waals surface area contributed by atoms with Gasteiger partial charge in [0.1, 0.15) is 11.9 Å². The van der Waals surface area contributed by atoms with Crippen molar-refractivity contribution in [3.8, 4) is 5.75 Å². The molecule has 4 rings (SSSR count). The van der Waals surface area contributed by atoms with E-state index in [4.69, 9.17) is 4.74 Å². The normalized spacial score (nSPS) is 17.3. The first-order valence-electron chi connectivity index (χ1n) is 14.6. The van der Waals surface area contributed by atoms with Gasteiger partial charge in [-0.1, -0.05) is 6.92 Å². The van der Waals surface area contributed by atoms with Gasteiger partial charge >= 0.3 is 24.4 Å². The first-order valence-corrected chi connectivity index (χ1v) is 14.6. The summed E-state index contributed by atoms with van der Waals surface area (Å²) in [4.78, 5) is 41.9. The van der Waals surface area contributed by atoms with Crippen molar-refractivity contribution in [3.05, 3.63) is 83.4 Å². The molecule has 0 radical (unpaired) electrons. The molecule has 258 valence electrons. The summed E-state index contributed by atoms with van der Waals surface area (Å²) in [6, 6.07) is 10.0. The number of halogens is 6. The van der Waals surface area contributed by atoms with Crippen molar-refractivity contribution in [2.24, 2.45) is 5.92 Å². The van der Waals surface area contributed by atoms with Crippen molar-refractivity contribution in [1.29, 1.82) is 0 Å². The number of hydrogen-bond donors (Lipinski definition) is 4. The molecule has 0 aliphatic carbocycles. The lowest BCUT2D eigenvalue weighted by atomic mass is 9.99. The molecule has 0 bridgehead atoms. The summed E-state index contributed by atoms with van der Waals surface area (Å²) >= 11 is 0. The van der Waals surface area contributed by atoms with Crippen LogP contribution in [0, 0.1) is 5.92 Å². The van der Waals surface area contributed by atoms with Gasteiger partial charge in [0.25, 0.3) is 5.91 Å². The number of aliphatic hydroxyl groups excluding tert-OH is 1. The molecule has 1 aliphatic rings. The SMILES string of the molecule is C[C@H](CO)N1C[C@H](C)[C@H](CN(C)C(=O)Nc2ccc(C(F)(F)F)cc2)Oc2ccc(NC(=O)Nc3ccc(C(F)(F)F)cc3)cc2C1=O. The number of benzene rings is 3. The van der Waals surface area contributed by atoms with E-state index in [9.17, 15) is 45.8 Å². The van der Waals surface area contributed by atoms with E-state index in [0.717, 1.165) is 48.5 Å². The molecule has 48 heavy (non-hydrogen) atoms. The maximum Gasteiger partial charge on any atom is 0.416 e. The molecule has 0 saturated heterocycles. The Labute approximate surface area is 271 Å². The monoisotopic (exact) mass is 681 g/mol. The van der Waals surface area contributed by atoms with Crippen molar-refractivity contribution < 1.29 is 50.6 Å². The van der Waals surface area contributed by atoms with Gasteiger partial charge in [0.2, 0.25) is 0 Å². The molecule has 0 spiro atoms. The molecule has 16 heteroatoms. The third kappa shape index (κ3) is 8.87. The van der Waals surface area contributed by atoms with Crippen molar-refractivity contribution in [2.75, 3.05) is 42.7 Å². The van der Waals surface area contributed by atoms with E-state index >= 15 is 0 Å². The summed E-state index contributed by atoms with van der Waals surface area (Å²) in [5.41, 5.74) is -1.31. The molecule has 0 aromatic heterocycles. The van der Waals surface area contributed by atoms with Crippen molar-refractivity contribution in [2.45, 2.75) is 38.3 Å². The number of ether oxygens (including phenoxy) is 1. The van der Waals surface area contributed by atoms with E-state index in [1.807, 2.05) is 0 Å². The molecule has 3 aromatic rings. The van der Waals surface area contributed by atoms with Gasteiger partial charge in [-0.15, -0.1) is 0 Å². The smallest absolute Gasteiger partial charge is 0.416 e. The van der Waals surface area contributed by atoms with Gasteiger partial charge in [0, 0.05) is 36.6 Å². The number of alkyl halides is 6. The molecular formula is C32H33F6N5O5. The highest BCUT2D eigenvalue weighted by molar-refractivity contribution is 6.02. The number of likely N-dealkylation sites (N-methyl/N-ethyl adjacent to an activating group) is 1. The first kappa shape index (κ1) is 35.9. The van der Waals surface area contributed by atoms with Crippen molar-refractivity contribution in [3.63, 3.8) is 0 Å². The zero-order chi connectivity index (χ0) is 35.4. The highest BCUT2D eigenvalue weighted by Gasteiger charge is 2.35. The predicted molar refractivity (Wildman–Crippen MR) is 165 cm³/mol. The third-order valence-electron chi connectivity index (χ3n) is 7.66. The predicted octanol–water partition coefficient (Wildman–Crippen LogP) is 6.75. The van der Waals surface area contributed by atoms with Crippen LogP contribution in [0.1, 0.15) is 35.3 Å². The number of hydrogen-bond acceptors (Lipinski definition) is 5. The lowest BCUT2D eigenvalue weighted by molar-refractivity contribution is -0.138. The Morgan fingerprint density at radius 3 is 1.92 bits per heavy atom. The fourth-order valence-electron chi connectivity index (χ4n) is 4.87. The Morgan fingerprint density at radius 1 is 0.896 bits per heavy atom. The van der Waals surface area contributed by atoms with Gasteiger partial charge in [-0.25, -0.2) is 9.59 Å². The van der Waals surface area contributed by atoms with Gasteiger partial charge in [-0.05, 0) is 73.7 Å². The average molecular weight is 682 g/mol. The topological polar surface area (TPSA) is 123 Å². The minimum Gasteiger partial charge on any atom is -0.487 e. The van der Waals surface area contributed by atoms with Gasteiger partial charge in [-0.3, -0.25) is 4.79 Å². The van der Waals surface area contributed by atoms with Gasteiger partial charge in [0.15, 0.2) is 0 Å². The lowest BCUT2D eigenvalue weighted by Crippen LogP contribution is -2.50. The molecule has 0 saturated carbocycles. The minimum atomic E-state index is -4.54. The summed E-state index contributed by atoms with van der Waals surface area (Å²) in [5, 5.41) is 17.4. The third-order valence-corrected chi connectivity index (χ3v) is 7.66. The number of carbonyl (C=O) groups excluding carboxylic acids is 3. The quantitative estimate of drug-likeness (QED) is 0.206. The largest absolute Gasteiger partial charge is 0.487 e. The number of rotatable bonds is 7. The number of nitrogens with zero attached hydrogens (tertiary/aromatic N) is 2. The highest BCUT2D eigenvalue weighted by Crippen LogP contribution is 2.33. The van der Waals surface area contributed by atoms with Crippen LogP contribution in [0.5, 0.6) is 5.75 Å². The fraction of sp³-hybridized carbons (Fsp3) is 0.344. The molecule has 0 unspecified atom stereocenters.